The van der Waals surface area contributed by atoms with Crippen molar-refractivity contribution in [2.45, 2.75) is 6.92 Å². The van der Waals surface area contributed by atoms with Crippen molar-refractivity contribution in [3.63, 3.8) is 0 Å². The Morgan fingerprint density at radius 1 is 1.24 bits per heavy atom. The van der Waals surface area contributed by atoms with Gasteiger partial charge in [-0.05, 0) is 37.3 Å². The first-order valence-corrected chi connectivity index (χ1v) is 5.15. The van der Waals surface area contributed by atoms with Gasteiger partial charge in [-0.25, -0.2) is 0 Å². The van der Waals surface area contributed by atoms with Crippen LogP contribution in [0.15, 0.2) is 42.7 Å². The van der Waals surface area contributed by atoms with Crippen molar-refractivity contribution in [3.8, 4) is 11.5 Å². The summed E-state index contributed by atoms with van der Waals surface area (Å²) in [4.78, 5) is 15.4. The standard InChI is InChI=1S/C13H12N2O2/c1-9(16)12-8-10(14)2-3-13(12)17-11-4-6-15-7-5-11/h2-8H,14H2,1H3. The van der Waals surface area contributed by atoms with Crippen LogP contribution in [0.2, 0.25) is 0 Å². The van der Waals surface area contributed by atoms with Gasteiger partial charge in [0.1, 0.15) is 11.5 Å². The highest BCUT2D eigenvalue weighted by atomic mass is 16.5. The zero-order valence-electron chi connectivity index (χ0n) is 9.38. The van der Waals surface area contributed by atoms with Crippen LogP contribution in [0.25, 0.3) is 0 Å². The highest BCUT2D eigenvalue weighted by Crippen LogP contribution is 2.26. The molecule has 2 aromatic rings. The number of nitrogen functional groups attached to an aromatic ring is 1. The quantitative estimate of drug-likeness (QED) is 0.647. The zero-order chi connectivity index (χ0) is 12.3. The minimum absolute atomic E-state index is 0.0821. The number of hydrogen-bond donors (Lipinski definition) is 1. The van der Waals surface area contributed by atoms with Gasteiger partial charge in [0, 0.05) is 18.1 Å². The topological polar surface area (TPSA) is 65.2 Å². The maximum Gasteiger partial charge on any atom is 0.163 e. The summed E-state index contributed by atoms with van der Waals surface area (Å²) in [5, 5.41) is 0. The number of rotatable bonds is 3. The van der Waals surface area contributed by atoms with Gasteiger partial charge in [0.2, 0.25) is 0 Å². The van der Waals surface area contributed by atoms with Crippen molar-refractivity contribution in [1.82, 2.24) is 4.98 Å². The molecule has 4 nitrogen and oxygen atoms in total. The number of anilines is 1. The van der Waals surface area contributed by atoms with Gasteiger partial charge in [0.15, 0.2) is 5.78 Å². The third kappa shape index (κ3) is 2.60. The van der Waals surface area contributed by atoms with Gasteiger partial charge < -0.3 is 10.5 Å². The molecule has 0 saturated heterocycles. The SMILES string of the molecule is CC(=O)c1cc(N)ccc1Oc1ccncc1. The number of pyridine rings is 1. The van der Waals surface area contributed by atoms with Gasteiger partial charge >= 0.3 is 0 Å². The average Bonchev–Trinajstić information content (AvgIpc) is 2.32. The molecule has 4 heteroatoms. The predicted octanol–water partition coefficient (Wildman–Crippen LogP) is 2.66. The summed E-state index contributed by atoms with van der Waals surface area (Å²) in [6.45, 7) is 1.48. The summed E-state index contributed by atoms with van der Waals surface area (Å²) in [5.74, 6) is 1.05. The van der Waals surface area contributed by atoms with Crippen molar-refractivity contribution in [3.05, 3.63) is 48.3 Å². The molecule has 17 heavy (non-hydrogen) atoms. The first-order valence-electron chi connectivity index (χ1n) is 5.15. The van der Waals surface area contributed by atoms with Gasteiger partial charge in [-0.15, -0.1) is 0 Å². The van der Waals surface area contributed by atoms with Crippen LogP contribution in [0.5, 0.6) is 11.5 Å². The van der Waals surface area contributed by atoms with Crippen molar-refractivity contribution >= 4 is 11.5 Å². The summed E-state index contributed by atoms with van der Waals surface area (Å²) in [6, 6.07) is 8.44. The second-order valence-electron chi connectivity index (χ2n) is 3.60. The third-order valence-corrected chi connectivity index (χ3v) is 2.26. The van der Waals surface area contributed by atoms with E-state index in [9.17, 15) is 4.79 Å². The molecule has 0 fully saturated rings. The van der Waals surface area contributed by atoms with Crippen LogP contribution >= 0.6 is 0 Å². The highest BCUT2D eigenvalue weighted by Gasteiger charge is 2.09. The fraction of sp³-hybridized carbons (Fsp3) is 0.0769. The van der Waals surface area contributed by atoms with E-state index in [0.29, 0.717) is 22.7 Å². The number of carbonyl (C=O) groups is 1. The van der Waals surface area contributed by atoms with Crippen molar-refractivity contribution < 1.29 is 9.53 Å². The third-order valence-electron chi connectivity index (χ3n) is 2.26. The summed E-state index contributed by atoms with van der Waals surface area (Å²) in [7, 11) is 0. The maximum atomic E-state index is 11.5. The zero-order valence-corrected chi connectivity index (χ0v) is 9.38. The lowest BCUT2D eigenvalue weighted by Gasteiger charge is -2.09. The number of ether oxygens (including phenoxy) is 1. The molecule has 0 amide bonds. The van der Waals surface area contributed by atoms with Crippen LogP contribution in [0, 0.1) is 0 Å². The fourth-order valence-corrected chi connectivity index (χ4v) is 1.44. The van der Waals surface area contributed by atoms with E-state index in [1.54, 1.807) is 42.7 Å². The van der Waals surface area contributed by atoms with Crippen molar-refractivity contribution in [1.29, 1.82) is 0 Å². The highest BCUT2D eigenvalue weighted by molar-refractivity contribution is 5.97. The van der Waals surface area contributed by atoms with E-state index in [-0.39, 0.29) is 5.78 Å². The van der Waals surface area contributed by atoms with Crippen LogP contribution in [-0.2, 0) is 0 Å². The van der Waals surface area contributed by atoms with E-state index >= 15 is 0 Å². The smallest absolute Gasteiger partial charge is 0.163 e. The Kier molecular flexibility index (Phi) is 3.05. The lowest BCUT2D eigenvalue weighted by atomic mass is 10.1. The second kappa shape index (κ2) is 4.65. The summed E-state index contributed by atoms with van der Waals surface area (Å²) >= 11 is 0. The number of hydrogen-bond acceptors (Lipinski definition) is 4. The molecule has 0 spiro atoms. The van der Waals surface area contributed by atoms with Crippen LogP contribution in [0.1, 0.15) is 17.3 Å². The predicted molar refractivity (Wildman–Crippen MR) is 65.2 cm³/mol. The number of nitrogens with two attached hydrogens (primary N) is 1. The molecule has 2 N–H and O–H groups in total. The Morgan fingerprint density at radius 2 is 1.94 bits per heavy atom. The van der Waals surface area contributed by atoms with Crippen LogP contribution in [-0.4, -0.2) is 10.8 Å². The van der Waals surface area contributed by atoms with E-state index in [4.69, 9.17) is 10.5 Å². The van der Waals surface area contributed by atoms with E-state index < -0.39 is 0 Å². The van der Waals surface area contributed by atoms with Crippen LogP contribution < -0.4 is 10.5 Å². The Balaban J connectivity index is 2.36. The molecule has 0 aliphatic carbocycles. The Bertz CT molecular complexity index is 538. The second-order valence-corrected chi connectivity index (χ2v) is 3.60. The molecule has 86 valence electrons. The number of carbonyl (C=O) groups excluding carboxylic acids is 1. The van der Waals surface area contributed by atoms with Gasteiger partial charge in [0.25, 0.3) is 0 Å². The molecule has 0 aliphatic heterocycles. The van der Waals surface area contributed by atoms with E-state index in [1.807, 2.05) is 0 Å². The van der Waals surface area contributed by atoms with Gasteiger partial charge in [-0.1, -0.05) is 0 Å². The minimum atomic E-state index is -0.0821. The summed E-state index contributed by atoms with van der Waals surface area (Å²) < 4.78 is 5.61. The van der Waals surface area contributed by atoms with Crippen LogP contribution in [0.3, 0.4) is 0 Å². The van der Waals surface area contributed by atoms with Crippen LogP contribution in [0.4, 0.5) is 5.69 Å². The molecular weight excluding hydrogens is 216 g/mol. The Hall–Kier alpha value is -2.36. The van der Waals surface area contributed by atoms with E-state index in [0.717, 1.165) is 0 Å². The first kappa shape index (κ1) is 11.1. The first-order chi connectivity index (χ1) is 8.16. The molecule has 1 aromatic heterocycles. The van der Waals surface area contributed by atoms with Gasteiger partial charge in [-0.2, -0.15) is 0 Å². The number of benzene rings is 1. The number of ketones is 1. The van der Waals surface area contributed by atoms with E-state index in [2.05, 4.69) is 4.98 Å². The molecular formula is C13H12N2O2. The monoisotopic (exact) mass is 228 g/mol. The molecule has 0 bridgehead atoms. The molecule has 0 atom stereocenters. The molecule has 0 unspecified atom stereocenters. The Morgan fingerprint density at radius 3 is 2.59 bits per heavy atom. The maximum absolute atomic E-state index is 11.5. The molecule has 1 heterocycles. The average molecular weight is 228 g/mol. The minimum Gasteiger partial charge on any atom is -0.456 e. The summed E-state index contributed by atoms with van der Waals surface area (Å²) in [6.07, 6.45) is 3.25. The number of aromatic nitrogens is 1. The largest absolute Gasteiger partial charge is 0.456 e. The van der Waals surface area contributed by atoms with Crippen molar-refractivity contribution in [2.75, 3.05) is 5.73 Å². The fourth-order valence-electron chi connectivity index (χ4n) is 1.44. The molecule has 0 radical (unpaired) electrons. The number of Topliss-reactive ketones (excluding diaryl/α,β-unsaturated/α-hetero) is 1. The van der Waals surface area contributed by atoms with Crippen molar-refractivity contribution in [2.24, 2.45) is 0 Å². The lowest BCUT2D eigenvalue weighted by molar-refractivity contribution is 0.101. The van der Waals surface area contributed by atoms with E-state index in [1.165, 1.54) is 6.92 Å². The normalized spacial score (nSPS) is 9.94. The van der Waals surface area contributed by atoms with Gasteiger partial charge in [0.05, 0.1) is 5.56 Å². The Labute approximate surface area is 99.1 Å². The lowest BCUT2D eigenvalue weighted by Crippen LogP contribution is -1.99. The van der Waals surface area contributed by atoms with Gasteiger partial charge in [-0.3, -0.25) is 9.78 Å². The molecule has 2 rings (SSSR count). The number of nitrogens with zero attached hydrogens (tertiary/aromatic N) is 1. The molecule has 0 aliphatic rings. The molecule has 0 saturated carbocycles. The summed E-state index contributed by atoms with van der Waals surface area (Å²) in [5.41, 5.74) is 6.65. The molecule has 1 aromatic carbocycles.